The first-order valence-electron chi connectivity index (χ1n) is 7.47. The lowest BCUT2D eigenvalue weighted by molar-refractivity contribution is -0.109. The van der Waals surface area contributed by atoms with Crippen LogP contribution in [0.25, 0.3) is 0 Å². The summed E-state index contributed by atoms with van der Waals surface area (Å²) in [5.41, 5.74) is 0. The van der Waals surface area contributed by atoms with E-state index in [9.17, 15) is 9.59 Å². The van der Waals surface area contributed by atoms with Crippen molar-refractivity contribution in [3.05, 3.63) is 12.2 Å². The molecular weight excluding hydrogens is 270 g/mol. The number of carbonyl (C=O) groups excluding carboxylic acids is 2. The topological polar surface area (TPSA) is 85.8 Å². The Kier molecular flexibility index (Phi) is 6.05. The lowest BCUT2D eigenvalue weighted by Crippen LogP contribution is -2.49. The number of dihydropyridines is 1. The van der Waals surface area contributed by atoms with Gasteiger partial charge in [0.05, 0.1) is 0 Å². The van der Waals surface area contributed by atoms with Gasteiger partial charge < -0.3 is 20.9 Å². The minimum atomic E-state index is -0.170. The van der Waals surface area contributed by atoms with Crippen LogP contribution in [0.5, 0.6) is 0 Å². The van der Waals surface area contributed by atoms with E-state index in [0.717, 1.165) is 44.7 Å². The predicted octanol–water partition coefficient (Wildman–Crippen LogP) is -0.146. The van der Waals surface area contributed by atoms with Crippen LogP contribution in [0.2, 0.25) is 0 Å². The number of rotatable bonds is 5. The second-order valence-electron chi connectivity index (χ2n) is 5.16. The van der Waals surface area contributed by atoms with Gasteiger partial charge in [0.25, 0.3) is 0 Å². The van der Waals surface area contributed by atoms with Crippen molar-refractivity contribution in [1.82, 2.24) is 20.9 Å². The van der Waals surface area contributed by atoms with Crippen LogP contribution < -0.4 is 16.0 Å². The molecule has 2 rings (SSSR count). The molecule has 3 amide bonds. The first kappa shape index (κ1) is 15.3. The molecule has 0 aromatic rings. The number of carbonyl (C=O) groups is 2. The summed E-state index contributed by atoms with van der Waals surface area (Å²) in [6, 6.07) is 0.0319. The average Bonchev–Trinajstić information content (AvgIpc) is 2.53. The fourth-order valence-corrected chi connectivity index (χ4v) is 2.50. The highest BCUT2D eigenvalue weighted by Gasteiger charge is 2.22. The van der Waals surface area contributed by atoms with Crippen LogP contribution in [0.1, 0.15) is 19.3 Å². The third-order valence-corrected chi connectivity index (χ3v) is 3.63. The van der Waals surface area contributed by atoms with E-state index in [0.29, 0.717) is 19.5 Å². The third kappa shape index (κ3) is 5.09. The highest BCUT2D eigenvalue weighted by molar-refractivity contribution is 5.93. The number of aliphatic imine (C=N–C) groups is 1. The molecule has 0 aromatic carbocycles. The van der Waals surface area contributed by atoms with E-state index in [1.54, 1.807) is 0 Å². The second kappa shape index (κ2) is 8.28. The van der Waals surface area contributed by atoms with Crippen LogP contribution in [0.15, 0.2) is 17.1 Å². The van der Waals surface area contributed by atoms with E-state index >= 15 is 0 Å². The number of nitrogens with zero attached hydrogens (tertiary/aromatic N) is 2. The molecule has 7 heteroatoms. The Morgan fingerprint density at radius 3 is 2.86 bits per heavy atom. The Bertz CT molecular complexity index is 414. The molecule has 2 heterocycles. The van der Waals surface area contributed by atoms with Gasteiger partial charge >= 0.3 is 6.03 Å². The third-order valence-electron chi connectivity index (χ3n) is 3.63. The largest absolute Gasteiger partial charge is 0.357 e. The van der Waals surface area contributed by atoms with E-state index in [2.05, 4.69) is 38.0 Å². The van der Waals surface area contributed by atoms with Gasteiger partial charge in [0.2, 0.25) is 6.41 Å². The fraction of sp³-hybridized carbons (Fsp3) is 0.643. The summed E-state index contributed by atoms with van der Waals surface area (Å²) < 4.78 is 0. The number of urea groups is 1. The zero-order valence-electron chi connectivity index (χ0n) is 12.2. The zero-order valence-corrected chi connectivity index (χ0v) is 12.2. The Balaban J connectivity index is 1.64. The number of amidine groups is 1. The van der Waals surface area contributed by atoms with Crippen molar-refractivity contribution in [3.8, 4) is 0 Å². The smallest absolute Gasteiger partial charge is 0.315 e. The minimum absolute atomic E-state index is 0.170. The number of hydrogen-bond acceptors (Lipinski definition) is 4. The van der Waals surface area contributed by atoms with Crippen LogP contribution in [0.3, 0.4) is 0 Å². The Morgan fingerprint density at radius 1 is 1.38 bits per heavy atom. The number of piperidine rings is 1. The minimum Gasteiger partial charge on any atom is -0.357 e. The quantitative estimate of drug-likeness (QED) is 0.487. The van der Waals surface area contributed by atoms with Crippen molar-refractivity contribution in [1.29, 1.82) is 0 Å². The molecule has 3 N–H and O–H groups in total. The van der Waals surface area contributed by atoms with Gasteiger partial charge in [-0.1, -0.05) is 6.08 Å². The molecule has 1 fully saturated rings. The van der Waals surface area contributed by atoms with Crippen molar-refractivity contribution < 1.29 is 9.59 Å². The van der Waals surface area contributed by atoms with Gasteiger partial charge in [-0.3, -0.25) is 9.79 Å². The molecule has 0 radical (unpaired) electrons. The average molecular weight is 293 g/mol. The van der Waals surface area contributed by atoms with Crippen molar-refractivity contribution in [2.24, 2.45) is 4.99 Å². The number of nitrogens with one attached hydrogen (secondary N) is 3. The van der Waals surface area contributed by atoms with Crippen LogP contribution in [0.4, 0.5) is 4.79 Å². The highest BCUT2D eigenvalue weighted by atomic mass is 16.2. The molecule has 21 heavy (non-hydrogen) atoms. The first-order chi connectivity index (χ1) is 10.3. The van der Waals surface area contributed by atoms with E-state index in [1.165, 1.54) is 0 Å². The van der Waals surface area contributed by atoms with Gasteiger partial charge in [-0.25, -0.2) is 4.79 Å². The van der Waals surface area contributed by atoms with Gasteiger partial charge in [0.1, 0.15) is 5.84 Å². The van der Waals surface area contributed by atoms with E-state index in [4.69, 9.17) is 0 Å². The summed E-state index contributed by atoms with van der Waals surface area (Å²) >= 11 is 0. The summed E-state index contributed by atoms with van der Waals surface area (Å²) in [4.78, 5) is 28.5. The Hall–Kier alpha value is -2.05. The lowest BCUT2D eigenvalue weighted by Gasteiger charge is -2.34. The molecule has 0 atom stereocenters. The molecule has 116 valence electrons. The maximum Gasteiger partial charge on any atom is 0.315 e. The molecule has 2 aliphatic rings. The molecular formula is C14H23N5O2. The molecule has 0 saturated carbocycles. The van der Waals surface area contributed by atoms with Crippen LogP contribution in [-0.2, 0) is 4.79 Å². The second-order valence-corrected chi connectivity index (χ2v) is 5.16. The van der Waals surface area contributed by atoms with Gasteiger partial charge in [0.15, 0.2) is 0 Å². The first-order valence-corrected chi connectivity index (χ1v) is 7.47. The van der Waals surface area contributed by atoms with Crippen molar-refractivity contribution in [2.45, 2.75) is 25.3 Å². The summed E-state index contributed by atoms with van der Waals surface area (Å²) in [6.07, 6.45) is 7.75. The van der Waals surface area contributed by atoms with E-state index < -0.39 is 0 Å². The summed E-state index contributed by atoms with van der Waals surface area (Å²) in [5.74, 6) is 1.07. The molecule has 0 unspecified atom stereocenters. The normalized spacial score (nSPS) is 18.9. The Labute approximate surface area is 124 Å². The molecule has 0 aliphatic carbocycles. The maximum absolute atomic E-state index is 11.7. The van der Waals surface area contributed by atoms with Gasteiger partial charge in [-0.2, -0.15) is 0 Å². The SMILES string of the molecule is O=CNCCNC(=O)NC1CCN(C2=NCCC=C2)CC1. The van der Waals surface area contributed by atoms with Crippen LogP contribution in [-0.4, -0.2) is 61.9 Å². The summed E-state index contributed by atoms with van der Waals surface area (Å²) in [7, 11) is 0. The number of hydrogen-bond donors (Lipinski definition) is 3. The van der Waals surface area contributed by atoms with Gasteiger partial charge in [-0.15, -0.1) is 0 Å². The van der Waals surface area contributed by atoms with Crippen molar-refractivity contribution in [2.75, 3.05) is 32.7 Å². The predicted molar refractivity (Wildman–Crippen MR) is 81.3 cm³/mol. The van der Waals surface area contributed by atoms with E-state index in [-0.39, 0.29) is 12.1 Å². The molecule has 2 aliphatic heterocycles. The maximum atomic E-state index is 11.7. The highest BCUT2D eigenvalue weighted by Crippen LogP contribution is 2.13. The monoisotopic (exact) mass is 293 g/mol. The van der Waals surface area contributed by atoms with Crippen molar-refractivity contribution in [3.63, 3.8) is 0 Å². The standard InChI is InChI=1S/C14H23N5O2/c20-11-15-7-8-17-14(21)18-12-4-9-19(10-5-12)13-3-1-2-6-16-13/h1,3,11-12H,2,4-10H2,(H,15,20)(H2,17,18,21). The zero-order chi connectivity index (χ0) is 14.9. The Morgan fingerprint density at radius 2 is 2.19 bits per heavy atom. The summed E-state index contributed by atoms with van der Waals surface area (Å²) in [6.45, 7) is 3.59. The van der Waals surface area contributed by atoms with Crippen molar-refractivity contribution >= 4 is 18.3 Å². The molecule has 1 saturated heterocycles. The van der Waals surface area contributed by atoms with Gasteiger partial charge in [0, 0.05) is 38.8 Å². The van der Waals surface area contributed by atoms with Gasteiger partial charge in [-0.05, 0) is 25.3 Å². The van der Waals surface area contributed by atoms with Crippen LogP contribution in [0, 0.1) is 0 Å². The molecule has 0 aromatic heterocycles. The summed E-state index contributed by atoms with van der Waals surface area (Å²) in [5, 5.41) is 8.19. The molecule has 0 bridgehead atoms. The fourth-order valence-electron chi connectivity index (χ4n) is 2.50. The molecule has 7 nitrogen and oxygen atoms in total. The number of amides is 3. The van der Waals surface area contributed by atoms with Crippen LogP contribution >= 0.6 is 0 Å². The molecule has 0 spiro atoms. The lowest BCUT2D eigenvalue weighted by atomic mass is 10.0. The number of likely N-dealkylation sites (tertiary alicyclic amines) is 1. The van der Waals surface area contributed by atoms with E-state index in [1.807, 2.05) is 0 Å².